The van der Waals surface area contributed by atoms with Crippen molar-refractivity contribution in [1.82, 2.24) is 14.9 Å². The second-order valence-corrected chi connectivity index (χ2v) is 8.11. The third-order valence-electron chi connectivity index (χ3n) is 4.17. The fourth-order valence-corrected chi connectivity index (χ4v) is 3.69. The minimum atomic E-state index is -0.238. The lowest BCUT2D eigenvalue weighted by Crippen LogP contribution is -2.18. The first kappa shape index (κ1) is 22.1. The summed E-state index contributed by atoms with van der Waals surface area (Å²) < 4.78 is 12.2. The molecule has 0 atom stereocenters. The number of amides is 1. The van der Waals surface area contributed by atoms with Gasteiger partial charge in [0.05, 0.1) is 22.0 Å². The summed E-state index contributed by atoms with van der Waals surface area (Å²) in [6, 6.07) is 10.4. The number of halogens is 2. The van der Waals surface area contributed by atoms with Crippen LogP contribution in [-0.4, -0.2) is 46.0 Å². The number of benzene rings is 2. The molecule has 0 fully saturated rings. The number of hydrazone groups is 1. The zero-order chi connectivity index (χ0) is 22.5. The largest absolute Gasteiger partial charge is 0.486 e. The van der Waals surface area contributed by atoms with Crippen LogP contribution in [0.25, 0.3) is 0 Å². The van der Waals surface area contributed by atoms with Crippen LogP contribution in [0.2, 0.25) is 10.0 Å². The van der Waals surface area contributed by atoms with Gasteiger partial charge in [0.25, 0.3) is 5.95 Å². The molecule has 0 unspecified atom stereocenters. The van der Waals surface area contributed by atoms with Crippen LogP contribution in [0.1, 0.15) is 5.56 Å². The van der Waals surface area contributed by atoms with Crippen molar-refractivity contribution in [2.45, 2.75) is 5.16 Å². The van der Waals surface area contributed by atoms with E-state index in [2.05, 4.69) is 26.0 Å². The fourth-order valence-electron chi connectivity index (χ4n) is 2.68. The van der Waals surface area contributed by atoms with Gasteiger partial charge in [-0.15, -0.1) is 10.2 Å². The number of anilines is 2. The zero-order valence-electron chi connectivity index (χ0n) is 16.4. The third-order valence-corrected chi connectivity index (χ3v) is 5.95. The summed E-state index contributed by atoms with van der Waals surface area (Å²) >= 11 is 13.2. The van der Waals surface area contributed by atoms with E-state index in [1.54, 1.807) is 36.4 Å². The number of carbonyl (C=O) groups excluding carboxylic acids is 1. The molecule has 3 aromatic rings. The highest BCUT2D eigenvalue weighted by Gasteiger charge is 2.15. The van der Waals surface area contributed by atoms with Gasteiger partial charge < -0.3 is 20.6 Å². The number of hydrogen-bond donors (Lipinski definition) is 3. The van der Waals surface area contributed by atoms with Crippen LogP contribution >= 0.6 is 35.0 Å². The van der Waals surface area contributed by atoms with Gasteiger partial charge in [-0.2, -0.15) is 5.10 Å². The van der Waals surface area contributed by atoms with E-state index < -0.39 is 0 Å². The van der Waals surface area contributed by atoms with E-state index in [1.165, 1.54) is 10.9 Å². The Balaban J connectivity index is 1.31. The molecule has 0 bridgehead atoms. The highest BCUT2D eigenvalue weighted by molar-refractivity contribution is 7.99. The van der Waals surface area contributed by atoms with Crippen molar-refractivity contribution in [2.24, 2.45) is 5.10 Å². The number of carbonyl (C=O) groups is 1. The Morgan fingerprint density at radius 1 is 1.22 bits per heavy atom. The van der Waals surface area contributed by atoms with Crippen molar-refractivity contribution in [1.29, 1.82) is 0 Å². The summed E-state index contributed by atoms with van der Waals surface area (Å²) in [6.45, 7) is 0.977. The predicted molar refractivity (Wildman–Crippen MR) is 125 cm³/mol. The highest BCUT2D eigenvalue weighted by Crippen LogP contribution is 2.32. The van der Waals surface area contributed by atoms with Gasteiger partial charge in [0.15, 0.2) is 11.5 Å². The number of ether oxygens (including phenoxy) is 2. The first-order chi connectivity index (χ1) is 15.5. The minimum Gasteiger partial charge on any atom is -0.486 e. The van der Waals surface area contributed by atoms with Gasteiger partial charge in [-0.1, -0.05) is 47.1 Å². The molecule has 32 heavy (non-hydrogen) atoms. The summed E-state index contributed by atoms with van der Waals surface area (Å²) in [5.41, 5.74) is 3.90. The summed E-state index contributed by atoms with van der Waals surface area (Å²) in [4.78, 5) is 12.3. The molecule has 2 aromatic carbocycles. The number of fused-ring (bicyclic) bond motifs is 1. The molecule has 4 N–H and O–H groups in total. The minimum absolute atomic E-state index is 0.0746. The van der Waals surface area contributed by atoms with Crippen LogP contribution in [0.3, 0.4) is 0 Å². The summed E-state index contributed by atoms with van der Waals surface area (Å²) in [5.74, 6) is 7.25. The molecule has 0 saturated heterocycles. The summed E-state index contributed by atoms with van der Waals surface area (Å²) in [6.07, 6.45) is 1.48. The second-order valence-electron chi connectivity index (χ2n) is 6.38. The summed E-state index contributed by atoms with van der Waals surface area (Å²) in [5, 5.41) is 15.9. The van der Waals surface area contributed by atoms with Gasteiger partial charge in [0.2, 0.25) is 11.1 Å². The van der Waals surface area contributed by atoms with E-state index >= 15 is 0 Å². The van der Waals surface area contributed by atoms with E-state index in [1.807, 2.05) is 0 Å². The number of nitrogens with zero attached hydrogens (tertiary/aromatic N) is 4. The highest BCUT2D eigenvalue weighted by atomic mass is 35.5. The maximum absolute atomic E-state index is 12.3. The molecule has 1 aliphatic rings. The average Bonchev–Trinajstić information content (AvgIpc) is 3.14. The van der Waals surface area contributed by atoms with Crippen LogP contribution in [0, 0.1) is 0 Å². The van der Waals surface area contributed by atoms with E-state index in [-0.39, 0.29) is 17.6 Å². The Morgan fingerprint density at radius 2 is 2.03 bits per heavy atom. The molecular weight excluding hydrogens is 477 g/mol. The molecule has 1 aromatic heterocycles. The topological polar surface area (TPSA) is 129 Å². The molecule has 4 rings (SSSR count). The normalized spacial score (nSPS) is 12.7. The predicted octanol–water partition coefficient (Wildman–Crippen LogP) is 3.25. The van der Waals surface area contributed by atoms with Crippen LogP contribution in [0.5, 0.6) is 11.5 Å². The van der Waals surface area contributed by atoms with Gasteiger partial charge in [-0.3, -0.25) is 4.79 Å². The van der Waals surface area contributed by atoms with Crippen molar-refractivity contribution in [3.05, 3.63) is 52.0 Å². The zero-order valence-corrected chi connectivity index (χ0v) is 18.7. The van der Waals surface area contributed by atoms with Gasteiger partial charge in [0, 0.05) is 17.3 Å². The van der Waals surface area contributed by atoms with Gasteiger partial charge in [0.1, 0.15) is 13.2 Å². The molecule has 2 heterocycles. The number of nitrogen functional groups attached to an aromatic ring is 1. The van der Waals surface area contributed by atoms with E-state index in [0.29, 0.717) is 51.2 Å². The Morgan fingerprint density at radius 3 is 2.88 bits per heavy atom. The monoisotopic (exact) mass is 493 g/mol. The van der Waals surface area contributed by atoms with Gasteiger partial charge in [-0.05, 0) is 18.2 Å². The van der Waals surface area contributed by atoms with Crippen molar-refractivity contribution in [3.8, 4) is 11.5 Å². The Kier molecular flexibility index (Phi) is 6.88. The third kappa shape index (κ3) is 5.18. The van der Waals surface area contributed by atoms with Crippen LogP contribution in [0.15, 0.2) is 46.7 Å². The molecule has 1 amide bonds. The number of thioether (sulfide) groups is 1. The van der Waals surface area contributed by atoms with Crippen LogP contribution in [-0.2, 0) is 4.79 Å². The van der Waals surface area contributed by atoms with Gasteiger partial charge >= 0.3 is 0 Å². The SMILES string of the molecule is Nn1c(N/N=C/c2cccc(Cl)c2Cl)nnc1SCC(=O)Nc1ccc2c(c1)OCCO2. The number of hydrogen-bond acceptors (Lipinski definition) is 9. The van der Waals surface area contributed by atoms with E-state index in [0.717, 1.165) is 11.8 Å². The molecule has 1 aliphatic heterocycles. The molecule has 0 spiro atoms. The quantitative estimate of drug-likeness (QED) is 0.198. The molecule has 0 radical (unpaired) electrons. The fraction of sp³-hybridized carbons (Fsp3) is 0.158. The Labute approximate surface area is 197 Å². The number of nitrogens with two attached hydrogens (primary N) is 1. The molecule has 10 nitrogen and oxygen atoms in total. The number of aromatic nitrogens is 3. The first-order valence-electron chi connectivity index (χ1n) is 9.27. The Bertz CT molecular complexity index is 1170. The lowest BCUT2D eigenvalue weighted by molar-refractivity contribution is -0.113. The van der Waals surface area contributed by atoms with E-state index in [4.69, 9.17) is 38.5 Å². The molecule has 0 saturated carbocycles. The average molecular weight is 494 g/mol. The van der Waals surface area contributed by atoms with Crippen molar-refractivity contribution in [3.63, 3.8) is 0 Å². The molecule has 166 valence electrons. The number of nitrogens with one attached hydrogen (secondary N) is 2. The van der Waals surface area contributed by atoms with Crippen molar-refractivity contribution < 1.29 is 14.3 Å². The van der Waals surface area contributed by atoms with Crippen LogP contribution in [0.4, 0.5) is 11.6 Å². The van der Waals surface area contributed by atoms with Gasteiger partial charge in [-0.25, -0.2) is 10.1 Å². The lowest BCUT2D eigenvalue weighted by Gasteiger charge is -2.18. The van der Waals surface area contributed by atoms with Crippen LogP contribution < -0.4 is 26.1 Å². The van der Waals surface area contributed by atoms with E-state index in [9.17, 15) is 4.79 Å². The molecule has 0 aliphatic carbocycles. The standard InChI is InChI=1S/C19H17Cl2N7O3S/c20-13-3-1-2-11(17(13)21)9-23-25-18-26-27-19(28(18)22)32-10-16(29)24-12-4-5-14-15(8-12)31-7-6-30-14/h1-5,8-9H,6-7,10,22H2,(H,24,29)(H,25,26)/b23-9+. The second kappa shape index (κ2) is 9.98. The summed E-state index contributed by atoms with van der Waals surface area (Å²) in [7, 11) is 0. The Hall–Kier alpha value is -3.15. The number of rotatable bonds is 7. The molecular formula is C19H17Cl2N7O3S. The molecule has 13 heteroatoms. The maximum Gasteiger partial charge on any atom is 0.264 e. The maximum atomic E-state index is 12.3. The first-order valence-corrected chi connectivity index (χ1v) is 11.0. The van der Waals surface area contributed by atoms with Crippen molar-refractivity contribution >= 4 is 58.7 Å². The lowest BCUT2D eigenvalue weighted by atomic mass is 10.2. The van der Waals surface area contributed by atoms with Crippen molar-refractivity contribution in [2.75, 3.05) is 35.6 Å². The smallest absolute Gasteiger partial charge is 0.264 e.